The third-order valence-corrected chi connectivity index (χ3v) is 4.16. The van der Waals surface area contributed by atoms with Crippen molar-refractivity contribution in [1.82, 2.24) is 0 Å². The average molecular weight is 350 g/mol. The van der Waals surface area contributed by atoms with Crippen LogP contribution in [0.1, 0.15) is 24.0 Å². The van der Waals surface area contributed by atoms with E-state index in [1.807, 2.05) is 0 Å². The number of aryl methyl sites for hydroxylation is 1. The minimum absolute atomic E-state index is 0.0611. The van der Waals surface area contributed by atoms with Crippen molar-refractivity contribution in [3.05, 3.63) is 35.4 Å². The van der Waals surface area contributed by atoms with Crippen LogP contribution < -0.4 is 0 Å². The Morgan fingerprint density at radius 2 is 1.71 bits per heavy atom. The van der Waals surface area contributed by atoms with E-state index < -0.39 is 42.3 Å². The third-order valence-electron chi connectivity index (χ3n) is 4.16. The highest BCUT2D eigenvalue weighted by Gasteiger charge is 2.38. The van der Waals surface area contributed by atoms with Crippen LogP contribution >= 0.6 is 0 Å². The SMILES string of the molecule is O[C@@H](CCc1ccc(C(F)(F)F)cc1)C[C@@H]1OC[C@@H](O)[C@H](O)[C@H]1O. The van der Waals surface area contributed by atoms with Gasteiger partial charge in [0, 0.05) is 6.42 Å². The first-order valence-corrected chi connectivity index (χ1v) is 7.68. The molecule has 0 aromatic heterocycles. The smallest absolute Gasteiger partial charge is 0.393 e. The van der Waals surface area contributed by atoms with Gasteiger partial charge in [-0.25, -0.2) is 0 Å². The van der Waals surface area contributed by atoms with Crippen molar-refractivity contribution in [2.24, 2.45) is 0 Å². The second kappa shape index (κ2) is 7.79. The van der Waals surface area contributed by atoms with Gasteiger partial charge < -0.3 is 25.2 Å². The molecule has 24 heavy (non-hydrogen) atoms. The maximum absolute atomic E-state index is 12.5. The molecule has 2 rings (SSSR count). The molecule has 0 saturated carbocycles. The summed E-state index contributed by atoms with van der Waals surface area (Å²) in [5.41, 5.74) is -0.0688. The molecule has 1 aliphatic rings. The fourth-order valence-electron chi connectivity index (χ4n) is 2.65. The fourth-order valence-corrected chi connectivity index (χ4v) is 2.65. The fraction of sp³-hybridized carbons (Fsp3) is 0.625. The molecule has 5 atom stereocenters. The first kappa shape index (κ1) is 19.1. The van der Waals surface area contributed by atoms with Crippen LogP contribution in [0.2, 0.25) is 0 Å². The van der Waals surface area contributed by atoms with Crippen LogP contribution in [0.4, 0.5) is 13.2 Å². The summed E-state index contributed by atoms with van der Waals surface area (Å²) in [6.07, 6.45) is -9.12. The number of halogens is 3. The van der Waals surface area contributed by atoms with Crippen LogP contribution in [0.25, 0.3) is 0 Å². The maximum atomic E-state index is 12.5. The van der Waals surface area contributed by atoms with Gasteiger partial charge >= 0.3 is 6.18 Å². The van der Waals surface area contributed by atoms with Crippen molar-refractivity contribution in [2.45, 2.75) is 56.0 Å². The van der Waals surface area contributed by atoms with E-state index in [1.165, 1.54) is 12.1 Å². The van der Waals surface area contributed by atoms with Crippen LogP contribution in [0.5, 0.6) is 0 Å². The Labute approximate surface area is 137 Å². The maximum Gasteiger partial charge on any atom is 0.416 e. The van der Waals surface area contributed by atoms with Gasteiger partial charge in [0.15, 0.2) is 0 Å². The van der Waals surface area contributed by atoms with Crippen LogP contribution in [0.15, 0.2) is 24.3 Å². The van der Waals surface area contributed by atoms with Gasteiger partial charge in [0.25, 0.3) is 0 Å². The van der Waals surface area contributed by atoms with Crippen molar-refractivity contribution in [3.8, 4) is 0 Å². The summed E-state index contributed by atoms with van der Waals surface area (Å²) in [7, 11) is 0. The van der Waals surface area contributed by atoms with Crippen molar-refractivity contribution in [3.63, 3.8) is 0 Å². The lowest BCUT2D eigenvalue weighted by molar-refractivity contribution is -0.193. The van der Waals surface area contributed by atoms with Gasteiger partial charge in [0.1, 0.15) is 18.3 Å². The zero-order valence-corrected chi connectivity index (χ0v) is 12.9. The Morgan fingerprint density at radius 3 is 2.29 bits per heavy atom. The molecule has 8 heteroatoms. The zero-order valence-electron chi connectivity index (χ0n) is 12.9. The molecule has 1 aromatic carbocycles. The Bertz CT molecular complexity index is 519. The molecule has 0 unspecified atom stereocenters. The summed E-state index contributed by atoms with van der Waals surface area (Å²) in [4.78, 5) is 0. The Hall–Kier alpha value is -1.19. The van der Waals surface area contributed by atoms with Gasteiger partial charge in [-0.3, -0.25) is 0 Å². The number of benzene rings is 1. The second-order valence-corrected chi connectivity index (χ2v) is 6.04. The number of hydrogen-bond acceptors (Lipinski definition) is 5. The van der Waals surface area contributed by atoms with Crippen molar-refractivity contribution < 1.29 is 38.3 Å². The number of alkyl halides is 3. The van der Waals surface area contributed by atoms with E-state index in [0.717, 1.165) is 12.1 Å². The minimum atomic E-state index is -4.38. The van der Waals surface area contributed by atoms with Gasteiger partial charge in [-0.2, -0.15) is 13.2 Å². The van der Waals surface area contributed by atoms with E-state index in [1.54, 1.807) is 0 Å². The van der Waals surface area contributed by atoms with E-state index in [0.29, 0.717) is 12.0 Å². The average Bonchev–Trinajstić information content (AvgIpc) is 2.53. The molecule has 0 amide bonds. The first-order chi connectivity index (χ1) is 11.2. The van der Waals surface area contributed by atoms with Crippen LogP contribution in [-0.2, 0) is 17.3 Å². The normalized spacial score (nSPS) is 29.5. The summed E-state index contributed by atoms with van der Waals surface area (Å²) in [6, 6.07) is 4.71. The first-order valence-electron chi connectivity index (χ1n) is 7.68. The van der Waals surface area contributed by atoms with Crippen LogP contribution in [-0.4, -0.2) is 57.6 Å². The molecule has 136 valence electrons. The predicted molar refractivity (Wildman–Crippen MR) is 78.1 cm³/mol. The highest BCUT2D eigenvalue weighted by Crippen LogP contribution is 2.29. The Morgan fingerprint density at radius 1 is 1.08 bits per heavy atom. The largest absolute Gasteiger partial charge is 0.416 e. The Kier molecular flexibility index (Phi) is 6.22. The number of rotatable bonds is 5. The molecule has 1 fully saturated rings. The van der Waals surface area contributed by atoms with Crippen molar-refractivity contribution in [1.29, 1.82) is 0 Å². The van der Waals surface area contributed by atoms with E-state index in [9.17, 15) is 33.6 Å². The standard InChI is InChI=1S/C16H21F3O5/c17-16(18,19)10-4-1-9(2-5-10)3-6-11(20)7-13-15(23)14(22)12(21)8-24-13/h1-2,4-5,11-15,20-23H,3,6-8H2/t11-,12+,13-,14-,15-/m0/s1. The van der Waals surface area contributed by atoms with E-state index >= 15 is 0 Å². The van der Waals surface area contributed by atoms with E-state index in [2.05, 4.69) is 0 Å². The summed E-state index contributed by atoms with van der Waals surface area (Å²) in [5.74, 6) is 0. The molecule has 0 radical (unpaired) electrons. The van der Waals surface area contributed by atoms with Crippen molar-refractivity contribution in [2.75, 3.05) is 6.61 Å². The lowest BCUT2D eigenvalue weighted by Gasteiger charge is -2.36. The lowest BCUT2D eigenvalue weighted by Crippen LogP contribution is -2.53. The van der Waals surface area contributed by atoms with E-state index in [-0.39, 0.29) is 19.4 Å². The third kappa shape index (κ3) is 4.90. The molecule has 1 heterocycles. The van der Waals surface area contributed by atoms with E-state index in [4.69, 9.17) is 4.74 Å². The molecule has 1 aliphatic heterocycles. The van der Waals surface area contributed by atoms with Gasteiger partial charge in [-0.1, -0.05) is 12.1 Å². The Balaban J connectivity index is 1.82. The summed E-state index contributed by atoms with van der Waals surface area (Å²) < 4.78 is 42.6. The lowest BCUT2D eigenvalue weighted by atomic mass is 9.94. The van der Waals surface area contributed by atoms with Gasteiger partial charge in [0.05, 0.1) is 24.4 Å². The molecule has 1 saturated heterocycles. The zero-order chi connectivity index (χ0) is 17.9. The monoisotopic (exact) mass is 350 g/mol. The summed E-state index contributed by atoms with van der Waals surface area (Å²) in [6.45, 7) is -0.130. The highest BCUT2D eigenvalue weighted by atomic mass is 19.4. The molecule has 0 bridgehead atoms. The molecular formula is C16H21F3O5. The van der Waals surface area contributed by atoms with Crippen LogP contribution in [0.3, 0.4) is 0 Å². The summed E-state index contributed by atoms with van der Waals surface area (Å²) in [5, 5.41) is 38.7. The molecule has 1 aromatic rings. The van der Waals surface area contributed by atoms with Crippen molar-refractivity contribution >= 4 is 0 Å². The molecule has 5 nitrogen and oxygen atoms in total. The number of hydrogen-bond donors (Lipinski definition) is 4. The molecule has 4 N–H and O–H groups in total. The molecule has 0 spiro atoms. The van der Waals surface area contributed by atoms with Crippen LogP contribution in [0, 0.1) is 0 Å². The van der Waals surface area contributed by atoms with Gasteiger partial charge in [-0.05, 0) is 30.5 Å². The number of aliphatic hydroxyl groups is 4. The minimum Gasteiger partial charge on any atom is -0.393 e. The highest BCUT2D eigenvalue weighted by molar-refractivity contribution is 5.24. The topological polar surface area (TPSA) is 90.2 Å². The second-order valence-electron chi connectivity index (χ2n) is 6.04. The quantitative estimate of drug-likeness (QED) is 0.633. The van der Waals surface area contributed by atoms with Gasteiger partial charge in [-0.15, -0.1) is 0 Å². The number of aliphatic hydroxyl groups excluding tert-OH is 4. The summed E-state index contributed by atoms with van der Waals surface area (Å²) >= 11 is 0. The number of ether oxygens (including phenoxy) is 1. The van der Waals surface area contributed by atoms with Gasteiger partial charge in [0.2, 0.25) is 0 Å². The molecule has 0 aliphatic carbocycles. The predicted octanol–water partition coefficient (Wildman–Crippen LogP) is 0.870. The molecular weight excluding hydrogens is 329 g/mol.